The van der Waals surface area contributed by atoms with Crippen LogP contribution in [0.1, 0.15) is 50.6 Å². The largest absolute Gasteiger partial charge is 0.497 e. The van der Waals surface area contributed by atoms with Crippen molar-refractivity contribution in [2.75, 3.05) is 13.7 Å². The smallest absolute Gasteiger partial charge is 0.131 e. The molecule has 1 aliphatic rings. The second kappa shape index (κ2) is 6.55. The number of nitrogens with two attached hydrogens (primary N) is 1. The molecule has 0 heterocycles. The van der Waals surface area contributed by atoms with Gasteiger partial charge in [-0.1, -0.05) is 25.3 Å². The molecule has 0 amide bonds. The Morgan fingerprint density at radius 3 is 2.55 bits per heavy atom. The zero-order valence-electron chi connectivity index (χ0n) is 12.3. The SMILES string of the molecule is CCOC1(C(N)c2ccc(OC)cc2F)CCCCC1. The number of hydrogen-bond donors (Lipinski definition) is 1. The molecule has 0 aliphatic heterocycles. The van der Waals surface area contributed by atoms with Crippen molar-refractivity contribution in [3.63, 3.8) is 0 Å². The Labute approximate surface area is 120 Å². The highest BCUT2D eigenvalue weighted by molar-refractivity contribution is 5.32. The first-order chi connectivity index (χ1) is 9.63. The number of ether oxygens (including phenoxy) is 2. The highest BCUT2D eigenvalue weighted by Gasteiger charge is 2.40. The number of halogens is 1. The monoisotopic (exact) mass is 281 g/mol. The summed E-state index contributed by atoms with van der Waals surface area (Å²) in [5, 5.41) is 0. The molecule has 2 rings (SSSR count). The highest BCUT2D eigenvalue weighted by Crippen LogP contribution is 2.41. The quantitative estimate of drug-likeness (QED) is 0.897. The molecule has 0 radical (unpaired) electrons. The summed E-state index contributed by atoms with van der Waals surface area (Å²) in [6.45, 7) is 2.57. The van der Waals surface area contributed by atoms with E-state index < -0.39 is 11.6 Å². The fraction of sp³-hybridized carbons (Fsp3) is 0.625. The molecule has 1 atom stereocenters. The number of benzene rings is 1. The van der Waals surface area contributed by atoms with E-state index in [1.54, 1.807) is 12.1 Å². The van der Waals surface area contributed by atoms with Crippen LogP contribution in [0.15, 0.2) is 18.2 Å². The molecule has 1 aromatic rings. The van der Waals surface area contributed by atoms with Crippen LogP contribution in [0, 0.1) is 5.82 Å². The lowest BCUT2D eigenvalue weighted by molar-refractivity contribution is -0.0836. The fourth-order valence-corrected chi connectivity index (χ4v) is 3.15. The molecule has 1 fully saturated rings. The van der Waals surface area contributed by atoms with Crippen molar-refractivity contribution in [2.24, 2.45) is 5.73 Å². The second-order valence-electron chi connectivity index (χ2n) is 5.42. The molecule has 1 aliphatic carbocycles. The molecule has 1 unspecified atom stereocenters. The molecule has 112 valence electrons. The van der Waals surface area contributed by atoms with Gasteiger partial charge in [0.1, 0.15) is 11.6 Å². The third kappa shape index (κ3) is 2.96. The third-order valence-electron chi connectivity index (χ3n) is 4.24. The first kappa shape index (κ1) is 15.3. The molecule has 20 heavy (non-hydrogen) atoms. The molecule has 1 saturated carbocycles. The van der Waals surface area contributed by atoms with E-state index in [-0.39, 0.29) is 5.82 Å². The minimum absolute atomic E-state index is 0.318. The van der Waals surface area contributed by atoms with Crippen molar-refractivity contribution in [1.82, 2.24) is 0 Å². The lowest BCUT2D eigenvalue weighted by Gasteiger charge is -2.42. The maximum Gasteiger partial charge on any atom is 0.131 e. The standard InChI is InChI=1S/C16H24FNO2/c1-3-20-16(9-5-4-6-10-16)15(18)13-8-7-12(19-2)11-14(13)17/h7-8,11,15H,3-6,9-10,18H2,1-2H3. The zero-order chi connectivity index (χ0) is 14.6. The fourth-order valence-electron chi connectivity index (χ4n) is 3.15. The number of rotatable bonds is 5. The van der Waals surface area contributed by atoms with Gasteiger partial charge in [0.2, 0.25) is 0 Å². The second-order valence-corrected chi connectivity index (χ2v) is 5.42. The van der Waals surface area contributed by atoms with Gasteiger partial charge in [-0.2, -0.15) is 0 Å². The van der Waals surface area contributed by atoms with Crippen LogP contribution in [0.2, 0.25) is 0 Å². The summed E-state index contributed by atoms with van der Waals surface area (Å²) >= 11 is 0. The van der Waals surface area contributed by atoms with Gasteiger partial charge in [-0.25, -0.2) is 4.39 Å². The summed E-state index contributed by atoms with van der Waals surface area (Å²) in [5.41, 5.74) is 6.46. The van der Waals surface area contributed by atoms with Crippen LogP contribution in [0.4, 0.5) is 4.39 Å². The minimum Gasteiger partial charge on any atom is -0.497 e. The maximum atomic E-state index is 14.2. The molecular weight excluding hydrogens is 257 g/mol. The van der Waals surface area contributed by atoms with Crippen molar-refractivity contribution in [3.05, 3.63) is 29.6 Å². The van der Waals surface area contributed by atoms with Gasteiger partial charge in [-0.15, -0.1) is 0 Å². The topological polar surface area (TPSA) is 44.5 Å². The predicted octanol–water partition coefficient (Wildman–Crippen LogP) is 3.57. The van der Waals surface area contributed by atoms with Crippen molar-refractivity contribution < 1.29 is 13.9 Å². The van der Waals surface area contributed by atoms with Crippen molar-refractivity contribution in [3.8, 4) is 5.75 Å². The number of methoxy groups -OCH3 is 1. The number of hydrogen-bond acceptors (Lipinski definition) is 3. The third-order valence-corrected chi connectivity index (χ3v) is 4.24. The molecule has 3 nitrogen and oxygen atoms in total. The Balaban J connectivity index is 2.29. The Morgan fingerprint density at radius 2 is 2.00 bits per heavy atom. The predicted molar refractivity (Wildman–Crippen MR) is 77.3 cm³/mol. The van der Waals surface area contributed by atoms with Gasteiger partial charge in [0.25, 0.3) is 0 Å². The molecule has 1 aromatic carbocycles. The van der Waals surface area contributed by atoms with Gasteiger partial charge in [0.05, 0.1) is 18.8 Å². The summed E-state index contributed by atoms with van der Waals surface area (Å²) in [7, 11) is 1.52. The first-order valence-corrected chi connectivity index (χ1v) is 7.36. The van der Waals surface area contributed by atoms with Crippen LogP contribution in [-0.2, 0) is 4.74 Å². The van der Waals surface area contributed by atoms with Crippen LogP contribution in [0.5, 0.6) is 5.75 Å². The molecular formula is C16H24FNO2. The summed E-state index contributed by atoms with van der Waals surface area (Å²) in [6.07, 6.45) is 5.17. The van der Waals surface area contributed by atoms with E-state index >= 15 is 0 Å². The summed E-state index contributed by atoms with van der Waals surface area (Å²) in [6, 6.07) is 4.42. The van der Waals surface area contributed by atoms with E-state index in [9.17, 15) is 4.39 Å². The van der Waals surface area contributed by atoms with E-state index in [0.717, 1.165) is 25.7 Å². The van der Waals surface area contributed by atoms with Crippen LogP contribution < -0.4 is 10.5 Å². The lowest BCUT2D eigenvalue weighted by atomic mass is 9.77. The van der Waals surface area contributed by atoms with Crippen molar-refractivity contribution in [2.45, 2.75) is 50.7 Å². The summed E-state index contributed by atoms with van der Waals surface area (Å²) < 4.78 is 25.2. The van der Waals surface area contributed by atoms with Crippen molar-refractivity contribution in [1.29, 1.82) is 0 Å². The van der Waals surface area contributed by atoms with Crippen LogP contribution in [0.25, 0.3) is 0 Å². The molecule has 4 heteroatoms. The first-order valence-electron chi connectivity index (χ1n) is 7.36. The minimum atomic E-state index is -0.436. The van der Waals surface area contributed by atoms with Crippen LogP contribution in [0.3, 0.4) is 0 Å². The van der Waals surface area contributed by atoms with Gasteiger partial charge in [0.15, 0.2) is 0 Å². The Kier molecular flexibility index (Phi) is 5.00. The molecule has 0 bridgehead atoms. The van der Waals surface area contributed by atoms with E-state index in [0.29, 0.717) is 17.9 Å². The molecule has 2 N–H and O–H groups in total. The van der Waals surface area contributed by atoms with E-state index in [1.165, 1.54) is 19.6 Å². The van der Waals surface area contributed by atoms with E-state index in [4.69, 9.17) is 15.2 Å². The van der Waals surface area contributed by atoms with Gasteiger partial charge in [0, 0.05) is 18.2 Å². The van der Waals surface area contributed by atoms with Gasteiger partial charge >= 0.3 is 0 Å². The Hall–Kier alpha value is -1.13. The maximum absolute atomic E-state index is 14.2. The lowest BCUT2D eigenvalue weighted by Crippen LogP contribution is -2.45. The van der Waals surface area contributed by atoms with E-state index in [1.807, 2.05) is 6.92 Å². The molecule has 0 saturated heterocycles. The summed E-state index contributed by atoms with van der Waals surface area (Å²) in [5.74, 6) is 0.189. The zero-order valence-corrected chi connectivity index (χ0v) is 12.3. The Morgan fingerprint density at radius 1 is 1.30 bits per heavy atom. The van der Waals surface area contributed by atoms with Gasteiger partial charge < -0.3 is 15.2 Å². The van der Waals surface area contributed by atoms with Crippen molar-refractivity contribution >= 4 is 0 Å². The van der Waals surface area contributed by atoms with Crippen LogP contribution in [-0.4, -0.2) is 19.3 Å². The highest BCUT2D eigenvalue weighted by atomic mass is 19.1. The van der Waals surface area contributed by atoms with Gasteiger partial charge in [-0.05, 0) is 25.8 Å². The average Bonchev–Trinajstić information content (AvgIpc) is 2.47. The van der Waals surface area contributed by atoms with Gasteiger partial charge in [-0.3, -0.25) is 0 Å². The molecule has 0 aromatic heterocycles. The normalized spacial score (nSPS) is 19.6. The van der Waals surface area contributed by atoms with Crippen LogP contribution >= 0.6 is 0 Å². The Bertz CT molecular complexity index is 439. The summed E-state index contributed by atoms with van der Waals surface area (Å²) in [4.78, 5) is 0. The average molecular weight is 281 g/mol. The molecule has 0 spiro atoms. The van der Waals surface area contributed by atoms with E-state index in [2.05, 4.69) is 0 Å².